The molecule has 0 atom stereocenters. The first kappa shape index (κ1) is 23.3. The van der Waals surface area contributed by atoms with E-state index >= 15 is 0 Å². The molecule has 0 saturated heterocycles. The number of methoxy groups -OCH3 is 1. The molecule has 0 bridgehead atoms. The zero-order chi connectivity index (χ0) is 22.1. The minimum Gasteiger partial charge on any atom is -0.465 e. The maximum Gasteiger partial charge on any atom is 0.341 e. The van der Waals surface area contributed by atoms with Crippen molar-refractivity contribution in [2.75, 3.05) is 12.4 Å². The zero-order valence-electron chi connectivity index (χ0n) is 17.9. The van der Waals surface area contributed by atoms with Gasteiger partial charge < -0.3 is 10.1 Å². The number of aromatic nitrogens is 1. The van der Waals surface area contributed by atoms with Crippen molar-refractivity contribution in [3.8, 4) is 0 Å². The second kappa shape index (κ2) is 11.9. The predicted molar refractivity (Wildman–Crippen MR) is 128 cm³/mol. The van der Waals surface area contributed by atoms with Crippen LogP contribution >= 0.6 is 23.6 Å². The standard InChI is InChI=1S/C23H29N3O3S2/c1-29-22(28)19-17-12-8-6-4-2-3-5-7-9-13-18(17)31-21(19)26-23(30)25-20(27)16-11-10-14-24-15-16/h10-11,14-15H,2-9,12-13H2,1H3,(H2,25,26,27,30). The van der Waals surface area contributed by atoms with Gasteiger partial charge in [-0.1, -0.05) is 38.5 Å². The fourth-order valence-corrected chi connectivity index (χ4v) is 5.38. The van der Waals surface area contributed by atoms with Crippen molar-refractivity contribution in [2.45, 2.75) is 64.2 Å². The molecule has 0 aromatic carbocycles. The number of anilines is 1. The van der Waals surface area contributed by atoms with E-state index in [1.807, 2.05) is 0 Å². The summed E-state index contributed by atoms with van der Waals surface area (Å²) in [6.07, 6.45) is 14.5. The smallest absolute Gasteiger partial charge is 0.341 e. The topological polar surface area (TPSA) is 80.3 Å². The van der Waals surface area contributed by atoms with Crippen LogP contribution in [-0.2, 0) is 17.6 Å². The van der Waals surface area contributed by atoms with Gasteiger partial charge in [-0.3, -0.25) is 15.1 Å². The Morgan fingerprint density at radius 2 is 1.74 bits per heavy atom. The van der Waals surface area contributed by atoms with Crippen molar-refractivity contribution >= 4 is 45.5 Å². The van der Waals surface area contributed by atoms with Crippen molar-refractivity contribution in [2.24, 2.45) is 0 Å². The van der Waals surface area contributed by atoms with Gasteiger partial charge in [0.1, 0.15) is 5.00 Å². The van der Waals surface area contributed by atoms with Crippen LogP contribution in [0.1, 0.15) is 82.5 Å². The first-order valence-corrected chi connectivity index (χ1v) is 12.1. The molecule has 3 rings (SSSR count). The monoisotopic (exact) mass is 459 g/mol. The molecule has 1 aliphatic rings. The number of nitrogens with zero attached hydrogens (tertiary/aromatic N) is 1. The van der Waals surface area contributed by atoms with Crippen molar-refractivity contribution in [1.82, 2.24) is 10.3 Å². The Labute approximate surface area is 192 Å². The molecule has 6 nitrogen and oxygen atoms in total. The van der Waals surface area contributed by atoms with Gasteiger partial charge >= 0.3 is 5.97 Å². The number of hydrogen-bond donors (Lipinski definition) is 2. The van der Waals surface area contributed by atoms with Crippen molar-refractivity contribution < 1.29 is 14.3 Å². The lowest BCUT2D eigenvalue weighted by Gasteiger charge is -2.11. The molecule has 8 heteroatoms. The SMILES string of the molecule is COC(=O)c1c(NC(=S)NC(=O)c2cccnc2)sc2c1CCCCCCCCCC2. The summed E-state index contributed by atoms with van der Waals surface area (Å²) in [6, 6.07) is 3.36. The highest BCUT2D eigenvalue weighted by Crippen LogP contribution is 2.37. The number of carbonyl (C=O) groups is 2. The lowest BCUT2D eigenvalue weighted by atomic mass is 9.97. The molecule has 2 N–H and O–H groups in total. The number of fused-ring (bicyclic) bond motifs is 1. The predicted octanol–water partition coefficient (Wildman–Crippen LogP) is 5.28. The third kappa shape index (κ3) is 6.58. The average molecular weight is 460 g/mol. The van der Waals surface area contributed by atoms with E-state index < -0.39 is 0 Å². The van der Waals surface area contributed by atoms with E-state index in [4.69, 9.17) is 17.0 Å². The van der Waals surface area contributed by atoms with Crippen molar-refractivity contribution in [1.29, 1.82) is 0 Å². The molecule has 0 saturated carbocycles. The van der Waals surface area contributed by atoms with Crippen LogP contribution in [0.5, 0.6) is 0 Å². The molecule has 2 heterocycles. The largest absolute Gasteiger partial charge is 0.465 e. The number of amides is 1. The van der Waals surface area contributed by atoms with Gasteiger partial charge in [0.25, 0.3) is 5.91 Å². The number of carbonyl (C=O) groups excluding carboxylic acids is 2. The summed E-state index contributed by atoms with van der Waals surface area (Å²) >= 11 is 6.90. The molecular formula is C23H29N3O3S2. The van der Waals surface area contributed by atoms with Crippen LogP contribution in [0.4, 0.5) is 5.00 Å². The van der Waals surface area contributed by atoms with Crippen LogP contribution in [0, 0.1) is 0 Å². The Morgan fingerprint density at radius 1 is 1.06 bits per heavy atom. The third-order valence-electron chi connectivity index (χ3n) is 5.44. The van der Waals surface area contributed by atoms with Crippen molar-refractivity contribution in [3.05, 3.63) is 46.1 Å². The summed E-state index contributed by atoms with van der Waals surface area (Å²) in [5.74, 6) is -0.714. The molecule has 1 aliphatic carbocycles. The van der Waals surface area contributed by atoms with Crippen LogP contribution in [-0.4, -0.2) is 29.1 Å². The second-order valence-electron chi connectivity index (χ2n) is 7.68. The minimum atomic E-state index is -0.367. The van der Waals surface area contributed by atoms with Gasteiger partial charge in [0.2, 0.25) is 0 Å². The number of ether oxygens (including phenoxy) is 1. The van der Waals surface area contributed by atoms with E-state index in [-0.39, 0.29) is 17.0 Å². The molecule has 1 amide bonds. The summed E-state index contributed by atoms with van der Waals surface area (Å²) in [6.45, 7) is 0. The first-order chi connectivity index (χ1) is 15.1. The molecule has 0 unspecified atom stereocenters. The number of aryl methyl sites for hydroxylation is 1. The fraction of sp³-hybridized carbons (Fsp3) is 0.478. The Hall–Kier alpha value is -2.32. The number of thiophene rings is 1. The maximum absolute atomic E-state index is 12.7. The van der Waals surface area contributed by atoms with E-state index in [1.54, 1.807) is 29.7 Å². The molecule has 0 aliphatic heterocycles. The van der Waals surface area contributed by atoms with Gasteiger partial charge in [0.15, 0.2) is 5.11 Å². The Kier molecular flexibility index (Phi) is 8.97. The molecule has 0 radical (unpaired) electrons. The van der Waals surface area contributed by atoms with Gasteiger partial charge in [-0.25, -0.2) is 4.79 Å². The molecule has 166 valence electrons. The highest BCUT2D eigenvalue weighted by Gasteiger charge is 2.25. The molecule has 2 aromatic heterocycles. The van der Waals surface area contributed by atoms with E-state index in [0.717, 1.165) is 37.7 Å². The van der Waals surface area contributed by atoms with Crippen LogP contribution in [0.15, 0.2) is 24.5 Å². The van der Waals surface area contributed by atoms with Crippen LogP contribution < -0.4 is 10.6 Å². The summed E-state index contributed by atoms with van der Waals surface area (Å²) in [4.78, 5) is 30.2. The fourth-order valence-electron chi connectivity index (χ4n) is 3.84. The lowest BCUT2D eigenvalue weighted by molar-refractivity contribution is 0.0601. The molecule has 31 heavy (non-hydrogen) atoms. The van der Waals surface area contributed by atoms with Gasteiger partial charge in [0, 0.05) is 17.3 Å². The van der Waals surface area contributed by atoms with Gasteiger partial charge in [-0.2, -0.15) is 0 Å². The summed E-state index contributed by atoms with van der Waals surface area (Å²) < 4.78 is 5.09. The first-order valence-electron chi connectivity index (χ1n) is 10.9. The Balaban J connectivity index is 1.81. The average Bonchev–Trinajstić information content (AvgIpc) is 3.10. The number of esters is 1. The van der Waals surface area contributed by atoms with Crippen LogP contribution in [0.2, 0.25) is 0 Å². The number of nitrogens with one attached hydrogen (secondary N) is 2. The number of pyridine rings is 1. The minimum absolute atomic E-state index is 0.149. The highest BCUT2D eigenvalue weighted by molar-refractivity contribution is 7.80. The van der Waals surface area contributed by atoms with E-state index in [0.29, 0.717) is 16.1 Å². The Bertz CT molecular complexity index is 912. The van der Waals surface area contributed by atoms with E-state index in [2.05, 4.69) is 15.6 Å². The Morgan fingerprint density at radius 3 is 2.39 bits per heavy atom. The van der Waals surface area contributed by atoms with Crippen LogP contribution in [0.25, 0.3) is 0 Å². The maximum atomic E-state index is 12.7. The highest BCUT2D eigenvalue weighted by atomic mass is 32.1. The zero-order valence-corrected chi connectivity index (χ0v) is 19.5. The van der Waals surface area contributed by atoms with Crippen molar-refractivity contribution in [3.63, 3.8) is 0 Å². The summed E-state index contributed by atoms with van der Waals surface area (Å²) in [5, 5.41) is 6.53. The normalized spacial score (nSPS) is 15.0. The van der Waals surface area contributed by atoms with Gasteiger partial charge in [-0.05, 0) is 55.6 Å². The molecular weight excluding hydrogens is 430 g/mol. The van der Waals surface area contributed by atoms with Gasteiger partial charge in [0.05, 0.1) is 18.2 Å². The second-order valence-corrected chi connectivity index (χ2v) is 9.19. The van der Waals surface area contributed by atoms with E-state index in [9.17, 15) is 9.59 Å². The quantitative estimate of drug-likeness (QED) is 0.480. The molecule has 0 spiro atoms. The van der Waals surface area contributed by atoms with E-state index in [1.165, 1.54) is 50.3 Å². The number of hydrogen-bond acceptors (Lipinski definition) is 6. The molecule has 0 fully saturated rings. The van der Waals surface area contributed by atoms with Gasteiger partial charge in [-0.15, -0.1) is 11.3 Å². The summed E-state index contributed by atoms with van der Waals surface area (Å²) in [7, 11) is 1.40. The third-order valence-corrected chi connectivity index (χ3v) is 6.85. The summed E-state index contributed by atoms with van der Waals surface area (Å²) in [5.41, 5.74) is 2.04. The number of thiocarbonyl (C=S) groups is 1. The lowest BCUT2D eigenvalue weighted by Crippen LogP contribution is -2.34. The van der Waals surface area contributed by atoms with Crippen LogP contribution in [0.3, 0.4) is 0 Å². The number of rotatable bonds is 3. The molecule has 2 aromatic rings.